The fraction of sp³-hybridized carbons (Fsp3) is 0. The molecule has 0 atom stereocenters. The first-order valence-corrected chi connectivity index (χ1v) is 6.49. The highest BCUT2D eigenvalue weighted by atomic mass is 32.1. The number of hydrogen-bond acceptors (Lipinski definition) is 6. The lowest BCUT2D eigenvalue weighted by molar-refractivity contribution is -0.384. The Labute approximate surface area is 122 Å². The normalized spacial score (nSPS) is 11.1. The molecule has 0 fully saturated rings. The molecule has 0 unspecified atom stereocenters. The number of non-ortho nitro benzene ring substituents is 1. The van der Waals surface area contributed by atoms with Crippen LogP contribution >= 0.6 is 11.3 Å². The van der Waals surface area contributed by atoms with Gasteiger partial charge in [0.05, 0.1) is 9.85 Å². The molecule has 0 saturated heterocycles. The number of aldehydes is 1. The Hall–Kier alpha value is -2.87. The zero-order valence-corrected chi connectivity index (χ0v) is 11.3. The Kier molecular flexibility index (Phi) is 4.19. The summed E-state index contributed by atoms with van der Waals surface area (Å²) < 4.78 is 0. The third-order valence-electron chi connectivity index (χ3n) is 2.63. The number of benzene rings is 1. The van der Waals surface area contributed by atoms with Gasteiger partial charge in [0.2, 0.25) is 0 Å². The highest BCUT2D eigenvalue weighted by molar-refractivity contribution is 7.16. The van der Waals surface area contributed by atoms with Crippen LogP contribution in [-0.4, -0.2) is 16.1 Å². The molecule has 0 aliphatic carbocycles. The lowest BCUT2D eigenvalue weighted by Gasteiger charge is -1.99. The SMILES string of the molecule is O=C/C(=C\c1ccc([N+](=O)[O-])s1)c1ccc([N+](=O)[O-])cc1. The Bertz CT molecular complexity index is 733. The van der Waals surface area contributed by atoms with E-state index in [2.05, 4.69) is 0 Å². The fourth-order valence-electron chi connectivity index (χ4n) is 1.63. The molecule has 8 heteroatoms. The van der Waals surface area contributed by atoms with Crippen LogP contribution in [-0.2, 0) is 4.79 Å². The number of carbonyl (C=O) groups excluding carboxylic acids is 1. The molecule has 1 heterocycles. The van der Waals surface area contributed by atoms with Crippen LogP contribution in [0.2, 0.25) is 0 Å². The maximum Gasteiger partial charge on any atom is 0.324 e. The standard InChI is InChI=1S/C13H8N2O5S/c16-8-10(7-12-5-6-13(21-12)15(19)20)9-1-3-11(4-2-9)14(17)18/h1-8H/b10-7+. The van der Waals surface area contributed by atoms with E-state index < -0.39 is 9.85 Å². The average Bonchev–Trinajstić information content (AvgIpc) is 2.93. The molecule has 0 N–H and O–H groups in total. The van der Waals surface area contributed by atoms with Crippen LogP contribution in [0.5, 0.6) is 0 Å². The van der Waals surface area contributed by atoms with E-state index in [1.807, 2.05) is 0 Å². The van der Waals surface area contributed by atoms with Crippen molar-refractivity contribution in [2.45, 2.75) is 0 Å². The van der Waals surface area contributed by atoms with Crippen LogP contribution in [0.3, 0.4) is 0 Å². The van der Waals surface area contributed by atoms with Crippen LogP contribution in [0.1, 0.15) is 10.4 Å². The topological polar surface area (TPSA) is 103 Å². The van der Waals surface area contributed by atoms with Gasteiger partial charge in [0.1, 0.15) is 0 Å². The molecule has 1 aromatic heterocycles. The minimum Gasteiger partial charge on any atom is -0.298 e. The van der Waals surface area contributed by atoms with Crippen molar-refractivity contribution < 1.29 is 14.6 Å². The molecule has 1 aromatic carbocycles. The summed E-state index contributed by atoms with van der Waals surface area (Å²) in [5.41, 5.74) is 0.726. The second kappa shape index (κ2) is 6.06. The van der Waals surface area contributed by atoms with Gasteiger partial charge in [-0.25, -0.2) is 0 Å². The van der Waals surface area contributed by atoms with Gasteiger partial charge in [-0.1, -0.05) is 11.3 Å². The summed E-state index contributed by atoms with van der Waals surface area (Å²) in [5.74, 6) is 0. The van der Waals surface area contributed by atoms with Crippen molar-refractivity contribution in [2.75, 3.05) is 0 Å². The van der Waals surface area contributed by atoms with Gasteiger partial charge >= 0.3 is 5.00 Å². The molecule has 106 valence electrons. The molecule has 0 bridgehead atoms. The van der Waals surface area contributed by atoms with Gasteiger partial charge in [-0.05, 0) is 29.8 Å². The molecule has 0 spiro atoms. The first-order chi connectivity index (χ1) is 10.0. The summed E-state index contributed by atoms with van der Waals surface area (Å²) in [6.45, 7) is 0. The average molecular weight is 304 g/mol. The number of nitrogens with zero attached hydrogens (tertiary/aromatic N) is 2. The summed E-state index contributed by atoms with van der Waals surface area (Å²) in [4.78, 5) is 31.8. The number of thiophene rings is 1. The van der Waals surface area contributed by atoms with Crippen LogP contribution in [0.25, 0.3) is 11.6 Å². The minimum absolute atomic E-state index is 0.0183. The molecule has 21 heavy (non-hydrogen) atoms. The molecule has 2 rings (SSSR count). The van der Waals surface area contributed by atoms with Gasteiger partial charge in [-0.15, -0.1) is 0 Å². The van der Waals surface area contributed by atoms with E-state index in [9.17, 15) is 25.0 Å². The van der Waals surface area contributed by atoms with E-state index >= 15 is 0 Å². The molecular formula is C13H8N2O5S. The first-order valence-electron chi connectivity index (χ1n) is 5.67. The Morgan fingerprint density at radius 3 is 2.14 bits per heavy atom. The highest BCUT2D eigenvalue weighted by Crippen LogP contribution is 2.27. The number of allylic oxidation sites excluding steroid dienone is 1. The van der Waals surface area contributed by atoms with Crippen LogP contribution < -0.4 is 0 Å². The highest BCUT2D eigenvalue weighted by Gasteiger charge is 2.10. The summed E-state index contributed by atoms with van der Waals surface area (Å²) >= 11 is 0.945. The summed E-state index contributed by atoms with van der Waals surface area (Å²) in [5, 5.41) is 21.2. The predicted octanol–water partition coefficient (Wildman–Crippen LogP) is 3.30. The third-order valence-corrected chi connectivity index (χ3v) is 3.61. The molecule has 0 aliphatic rings. The summed E-state index contributed by atoms with van der Waals surface area (Å²) in [6, 6.07) is 8.40. The maximum absolute atomic E-state index is 11.1. The Morgan fingerprint density at radius 2 is 1.67 bits per heavy atom. The molecule has 7 nitrogen and oxygen atoms in total. The van der Waals surface area contributed by atoms with Gasteiger partial charge in [-0.3, -0.25) is 25.0 Å². The molecule has 2 aromatic rings. The molecule has 0 saturated carbocycles. The third kappa shape index (κ3) is 3.37. The second-order valence-electron chi connectivity index (χ2n) is 3.95. The van der Waals surface area contributed by atoms with E-state index in [1.165, 1.54) is 42.5 Å². The van der Waals surface area contributed by atoms with E-state index in [0.29, 0.717) is 22.3 Å². The molecule has 0 radical (unpaired) electrons. The van der Waals surface area contributed by atoms with Crippen molar-refractivity contribution in [2.24, 2.45) is 0 Å². The van der Waals surface area contributed by atoms with E-state index in [0.717, 1.165) is 11.3 Å². The van der Waals surface area contributed by atoms with Crippen LogP contribution in [0.4, 0.5) is 10.7 Å². The van der Waals surface area contributed by atoms with Crippen LogP contribution in [0, 0.1) is 20.2 Å². The first kappa shape index (κ1) is 14.5. The largest absolute Gasteiger partial charge is 0.324 e. The minimum atomic E-state index is -0.531. The zero-order chi connectivity index (χ0) is 15.4. The number of nitro groups is 2. The second-order valence-corrected chi connectivity index (χ2v) is 5.05. The lowest BCUT2D eigenvalue weighted by Crippen LogP contribution is -1.89. The van der Waals surface area contributed by atoms with Crippen molar-refractivity contribution in [1.82, 2.24) is 0 Å². The molecule has 0 aliphatic heterocycles. The number of rotatable bonds is 5. The predicted molar refractivity (Wildman–Crippen MR) is 78.0 cm³/mol. The van der Waals surface area contributed by atoms with Gasteiger partial charge in [0, 0.05) is 28.6 Å². The van der Waals surface area contributed by atoms with Crippen molar-refractivity contribution in [3.8, 4) is 0 Å². The fourth-order valence-corrected chi connectivity index (χ4v) is 2.41. The van der Waals surface area contributed by atoms with E-state index in [1.54, 1.807) is 0 Å². The molecular weight excluding hydrogens is 296 g/mol. The molecule has 0 amide bonds. The Morgan fingerprint density at radius 1 is 1.00 bits per heavy atom. The van der Waals surface area contributed by atoms with Gasteiger partial charge in [0.15, 0.2) is 6.29 Å². The van der Waals surface area contributed by atoms with Gasteiger partial charge < -0.3 is 0 Å². The van der Waals surface area contributed by atoms with Crippen molar-refractivity contribution in [3.05, 3.63) is 67.1 Å². The van der Waals surface area contributed by atoms with E-state index in [-0.39, 0.29) is 10.7 Å². The number of carbonyl (C=O) groups is 1. The summed E-state index contributed by atoms with van der Waals surface area (Å²) in [7, 11) is 0. The van der Waals surface area contributed by atoms with E-state index in [4.69, 9.17) is 0 Å². The van der Waals surface area contributed by atoms with Gasteiger partial charge in [-0.2, -0.15) is 0 Å². The Balaban J connectivity index is 2.33. The lowest BCUT2D eigenvalue weighted by atomic mass is 10.1. The van der Waals surface area contributed by atoms with Crippen molar-refractivity contribution in [1.29, 1.82) is 0 Å². The number of nitro benzene ring substituents is 1. The maximum atomic E-state index is 11.1. The quantitative estimate of drug-likeness (QED) is 0.365. The monoisotopic (exact) mass is 304 g/mol. The van der Waals surface area contributed by atoms with Crippen molar-refractivity contribution >= 4 is 40.0 Å². The summed E-state index contributed by atoms with van der Waals surface area (Å²) in [6.07, 6.45) is 2.11. The smallest absolute Gasteiger partial charge is 0.298 e. The van der Waals surface area contributed by atoms with Crippen LogP contribution in [0.15, 0.2) is 36.4 Å². The van der Waals surface area contributed by atoms with Crippen molar-refractivity contribution in [3.63, 3.8) is 0 Å². The van der Waals surface area contributed by atoms with Gasteiger partial charge in [0.25, 0.3) is 5.69 Å². The zero-order valence-electron chi connectivity index (χ0n) is 10.5. The number of hydrogen-bond donors (Lipinski definition) is 0.